The molecular formula is C14H24N2O3S2. The molecule has 0 saturated heterocycles. The van der Waals surface area contributed by atoms with Crippen LogP contribution in [-0.4, -0.2) is 37.2 Å². The van der Waals surface area contributed by atoms with Crippen LogP contribution in [0.2, 0.25) is 0 Å². The number of nitrogens with one attached hydrogen (secondary N) is 2. The summed E-state index contributed by atoms with van der Waals surface area (Å²) in [5.41, 5.74) is 2.32. The lowest BCUT2D eigenvalue weighted by Gasteiger charge is -2.14. The third-order valence-corrected chi connectivity index (χ3v) is 6.12. The van der Waals surface area contributed by atoms with Crippen LogP contribution in [-0.2, 0) is 20.8 Å². The fraction of sp³-hybridized carbons (Fsp3) is 0.571. The van der Waals surface area contributed by atoms with Gasteiger partial charge in [0.2, 0.25) is 10.0 Å². The quantitative estimate of drug-likeness (QED) is 0.761. The summed E-state index contributed by atoms with van der Waals surface area (Å²) in [5.74, 6) is 0.875. The molecule has 1 aromatic rings. The Morgan fingerprint density at radius 2 is 1.71 bits per heavy atom. The highest BCUT2D eigenvalue weighted by molar-refractivity contribution is 7.89. The second-order valence-electron chi connectivity index (χ2n) is 4.80. The molecule has 0 aliphatic heterocycles. The molecule has 1 rings (SSSR count). The zero-order valence-corrected chi connectivity index (χ0v) is 14.7. The average molecular weight is 332 g/mol. The smallest absolute Gasteiger partial charge is 0.241 e. The highest BCUT2D eigenvalue weighted by Crippen LogP contribution is 2.24. The minimum Gasteiger partial charge on any atom is -0.385 e. The van der Waals surface area contributed by atoms with E-state index in [0.717, 1.165) is 12.2 Å². The van der Waals surface area contributed by atoms with Crippen LogP contribution in [0.3, 0.4) is 0 Å². The molecule has 2 N–H and O–H groups in total. The van der Waals surface area contributed by atoms with Crippen LogP contribution in [0.4, 0.5) is 5.69 Å². The summed E-state index contributed by atoms with van der Waals surface area (Å²) >= 11 is 0. The molecule has 1 aromatic carbocycles. The van der Waals surface area contributed by atoms with Crippen molar-refractivity contribution in [2.24, 2.45) is 0 Å². The average Bonchev–Trinajstić information content (AvgIpc) is 2.37. The van der Waals surface area contributed by atoms with Crippen molar-refractivity contribution in [3.05, 3.63) is 23.3 Å². The molecule has 7 heteroatoms. The minimum absolute atomic E-state index is 0.191. The number of sulfonamides is 1. The summed E-state index contributed by atoms with van der Waals surface area (Å²) in [6.07, 6.45) is 0. The topological polar surface area (TPSA) is 75.3 Å². The molecule has 0 saturated carbocycles. The largest absolute Gasteiger partial charge is 0.385 e. The molecule has 5 nitrogen and oxygen atoms in total. The molecule has 1 atom stereocenters. The van der Waals surface area contributed by atoms with Gasteiger partial charge in [-0.1, -0.05) is 6.92 Å². The van der Waals surface area contributed by atoms with E-state index < -0.39 is 20.8 Å². The number of hydrogen-bond acceptors (Lipinski definition) is 4. The second-order valence-corrected chi connectivity index (χ2v) is 8.37. The van der Waals surface area contributed by atoms with E-state index in [9.17, 15) is 12.6 Å². The molecule has 0 aliphatic carbocycles. The van der Waals surface area contributed by atoms with E-state index in [1.54, 1.807) is 13.8 Å². The Hall–Kier alpha value is -0.920. The lowest BCUT2D eigenvalue weighted by Crippen LogP contribution is -2.29. The number of aryl methyl sites for hydroxylation is 2. The number of hydrogen-bond donors (Lipinski definition) is 2. The van der Waals surface area contributed by atoms with Gasteiger partial charge in [-0.25, -0.2) is 13.1 Å². The predicted octanol–water partition coefficient (Wildman–Crippen LogP) is 1.78. The maximum Gasteiger partial charge on any atom is 0.241 e. The van der Waals surface area contributed by atoms with Crippen molar-refractivity contribution in [2.75, 3.05) is 29.9 Å². The van der Waals surface area contributed by atoms with Crippen LogP contribution in [0.25, 0.3) is 0 Å². The third kappa shape index (κ3) is 5.09. The summed E-state index contributed by atoms with van der Waals surface area (Å²) in [6.45, 7) is 8.35. The maximum atomic E-state index is 12.4. The fourth-order valence-electron chi connectivity index (χ4n) is 2.19. The Balaban J connectivity index is 2.95. The molecule has 0 radical (unpaired) electrons. The van der Waals surface area contributed by atoms with Crippen molar-refractivity contribution in [2.45, 2.75) is 32.6 Å². The Labute approximate surface area is 130 Å². The summed E-state index contributed by atoms with van der Waals surface area (Å²) in [6, 6.07) is 3.66. The van der Waals surface area contributed by atoms with Gasteiger partial charge in [-0.05, 0) is 44.0 Å². The van der Waals surface area contributed by atoms with Gasteiger partial charge in [0.1, 0.15) is 0 Å². The van der Waals surface area contributed by atoms with E-state index in [1.807, 2.05) is 26.0 Å². The van der Waals surface area contributed by atoms with Gasteiger partial charge in [0, 0.05) is 41.1 Å². The van der Waals surface area contributed by atoms with Crippen LogP contribution in [0, 0.1) is 13.8 Å². The molecule has 0 fully saturated rings. The van der Waals surface area contributed by atoms with Crippen LogP contribution in [0.5, 0.6) is 0 Å². The first-order valence-electron chi connectivity index (χ1n) is 7.01. The predicted molar refractivity (Wildman–Crippen MR) is 88.8 cm³/mol. The van der Waals surface area contributed by atoms with Gasteiger partial charge in [0.15, 0.2) is 0 Å². The van der Waals surface area contributed by atoms with Crippen molar-refractivity contribution in [3.8, 4) is 0 Å². The maximum absolute atomic E-state index is 12.4. The summed E-state index contributed by atoms with van der Waals surface area (Å²) in [7, 11) is -4.54. The molecule has 0 aromatic heterocycles. The van der Waals surface area contributed by atoms with Crippen LogP contribution in [0.15, 0.2) is 17.0 Å². The highest BCUT2D eigenvalue weighted by Gasteiger charge is 2.19. The first kappa shape index (κ1) is 18.1. The first-order valence-corrected chi connectivity index (χ1v) is 9.98. The summed E-state index contributed by atoms with van der Waals surface area (Å²) in [4.78, 5) is 0.312. The minimum atomic E-state index is -3.57. The van der Waals surface area contributed by atoms with Gasteiger partial charge in [0.05, 0.1) is 4.90 Å². The van der Waals surface area contributed by atoms with E-state index >= 15 is 0 Å². The number of rotatable bonds is 8. The van der Waals surface area contributed by atoms with Crippen LogP contribution in [0.1, 0.15) is 25.0 Å². The Bertz CT molecular complexity index is 590. The Morgan fingerprint density at radius 1 is 1.14 bits per heavy atom. The van der Waals surface area contributed by atoms with Gasteiger partial charge in [-0.3, -0.25) is 4.21 Å². The van der Waals surface area contributed by atoms with Crippen molar-refractivity contribution in [1.82, 2.24) is 4.72 Å². The third-order valence-electron chi connectivity index (χ3n) is 3.05. The Morgan fingerprint density at radius 3 is 2.19 bits per heavy atom. The molecule has 1 unspecified atom stereocenters. The monoisotopic (exact) mass is 332 g/mol. The molecule has 0 aliphatic rings. The number of benzene rings is 1. The lowest BCUT2D eigenvalue weighted by atomic mass is 10.1. The second kappa shape index (κ2) is 7.91. The zero-order valence-electron chi connectivity index (χ0n) is 13.0. The highest BCUT2D eigenvalue weighted by atomic mass is 32.2. The van der Waals surface area contributed by atoms with Crippen LogP contribution < -0.4 is 10.0 Å². The zero-order chi connectivity index (χ0) is 16.0. The summed E-state index contributed by atoms with van der Waals surface area (Å²) in [5, 5.41) is 3.18. The van der Waals surface area contributed by atoms with Crippen molar-refractivity contribution in [1.29, 1.82) is 0 Å². The molecule has 0 amide bonds. The van der Waals surface area contributed by atoms with Crippen molar-refractivity contribution in [3.63, 3.8) is 0 Å². The van der Waals surface area contributed by atoms with Crippen LogP contribution >= 0.6 is 0 Å². The molecule has 21 heavy (non-hydrogen) atoms. The SMILES string of the molecule is CCNc1cc(C)c(S(=O)(=O)NCCS(=O)CC)c(C)c1. The molecule has 0 spiro atoms. The molecule has 120 valence electrons. The standard InChI is InChI=1S/C14H24N2O3S2/c1-5-15-13-9-11(3)14(12(4)10-13)21(18,19)16-7-8-20(17)6-2/h9-10,15-16H,5-8H2,1-4H3. The molecule has 0 bridgehead atoms. The summed E-state index contributed by atoms with van der Waals surface area (Å²) < 4.78 is 38.6. The van der Waals surface area contributed by atoms with E-state index in [1.165, 1.54) is 0 Å². The van der Waals surface area contributed by atoms with Gasteiger partial charge in [-0.15, -0.1) is 0 Å². The van der Waals surface area contributed by atoms with E-state index in [-0.39, 0.29) is 6.54 Å². The van der Waals surface area contributed by atoms with Gasteiger partial charge < -0.3 is 5.32 Å². The van der Waals surface area contributed by atoms with E-state index in [4.69, 9.17) is 0 Å². The first-order chi connectivity index (χ1) is 9.81. The van der Waals surface area contributed by atoms with E-state index in [0.29, 0.717) is 27.5 Å². The fourth-order valence-corrected chi connectivity index (χ4v) is 4.42. The van der Waals surface area contributed by atoms with Gasteiger partial charge in [0.25, 0.3) is 0 Å². The number of anilines is 1. The normalized spacial score (nSPS) is 13.1. The van der Waals surface area contributed by atoms with E-state index in [2.05, 4.69) is 10.0 Å². The molecular weight excluding hydrogens is 308 g/mol. The lowest BCUT2D eigenvalue weighted by molar-refractivity contribution is 0.582. The van der Waals surface area contributed by atoms with Gasteiger partial charge >= 0.3 is 0 Å². The van der Waals surface area contributed by atoms with Crippen molar-refractivity contribution < 1.29 is 12.6 Å². The Kier molecular flexibility index (Phi) is 6.83. The van der Waals surface area contributed by atoms with Crippen molar-refractivity contribution >= 4 is 26.5 Å². The molecule has 0 heterocycles. The van der Waals surface area contributed by atoms with Gasteiger partial charge in [-0.2, -0.15) is 0 Å².